The molecular formula is C51H51N3O3. The number of benzene rings is 6. The van der Waals surface area contributed by atoms with Crippen LogP contribution < -0.4 is 20.1 Å². The average molecular weight is 754 g/mol. The second-order valence-electron chi connectivity index (χ2n) is 16.0. The van der Waals surface area contributed by atoms with Crippen LogP contribution in [-0.4, -0.2) is 17.5 Å². The van der Waals surface area contributed by atoms with E-state index in [-0.39, 0.29) is 23.3 Å². The zero-order chi connectivity index (χ0) is 40.2. The Morgan fingerprint density at radius 1 is 0.614 bits per heavy atom. The quantitative estimate of drug-likeness (QED) is 0.128. The molecule has 0 atom stereocenters. The van der Waals surface area contributed by atoms with Gasteiger partial charge in [-0.15, -0.1) is 0 Å². The molecule has 1 aromatic heterocycles. The summed E-state index contributed by atoms with van der Waals surface area (Å²) in [5.74, 6) is 1.96. The number of ether oxygens (including phenoxy) is 2. The van der Waals surface area contributed by atoms with Crippen LogP contribution in [-0.2, 0) is 5.41 Å². The summed E-state index contributed by atoms with van der Waals surface area (Å²) in [6.45, 7) is 15.7. The number of nitrogens with one attached hydrogen (secondary N) is 2. The Bertz CT molecular complexity index is 2500. The molecule has 8 rings (SSSR count). The number of nitrogens with zero attached hydrogens (tertiary/aromatic N) is 1. The van der Waals surface area contributed by atoms with E-state index in [0.29, 0.717) is 33.8 Å². The average Bonchev–Trinajstić information content (AvgIpc) is 3.21. The Labute approximate surface area is 336 Å². The zero-order valence-electron chi connectivity index (χ0n) is 33.9. The largest absolute Gasteiger partial charge is 0.473 e. The SMILES string of the molecule is CC.CC(C)(C)CC(C)(C)c1ccc(Oc2cc(Nc3ccccc3)c3c4c(cc(-c5ccccc5NCOc5ccccc5)nc24)-c2ccccc2C3=O)cc1. The van der Waals surface area contributed by atoms with Gasteiger partial charge in [0.25, 0.3) is 0 Å². The molecule has 0 radical (unpaired) electrons. The molecule has 0 fully saturated rings. The van der Waals surface area contributed by atoms with Gasteiger partial charge in [0.2, 0.25) is 0 Å². The van der Waals surface area contributed by atoms with Crippen molar-refractivity contribution < 1.29 is 14.3 Å². The summed E-state index contributed by atoms with van der Waals surface area (Å²) in [5.41, 5.74) is 9.07. The molecule has 0 unspecified atom stereocenters. The minimum absolute atomic E-state index is 0.0123. The Morgan fingerprint density at radius 3 is 1.91 bits per heavy atom. The van der Waals surface area contributed by atoms with Gasteiger partial charge in [-0.2, -0.15) is 0 Å². The molecule has 57 heavy (non-hydrogen) atoms. The molecule has 1 heterocycles. The fourth-order valence-electron chi connectivity index (χ4n) is 7.98. The fraction of sp³-hybridized carbons (Fsp3) is 0.216. The number of pyridine rings is 1. The highest BCUT2D eigenvalue weighted by atomic mass is 16.5. The van der Waals surface area contributed by atoms with Crippen LogP contribution in [0, 0.1) is 5.41 Å². The molecule has 1 aliphatic carbocycles. The Kier molecular flexibility index (Phi) is 11.2. The molecule has 0 spiro atoms. The van der Waals surface area contributed by atoms with E-state index in [1.807, 2.05) is 135 Å². The van der Waals surface area contributed by atoms with Crippen molar-refractivity contribution in [1.82, 2.24) is 4.98 Å². The van der Waals surface area contributed by atoms with Gasteiger partial charge in [0, 0.05) is 34.0 Å². The third-order valence-electron chi connectivity index (χ3n) is 10.1. The van der Waals surface area contributed by atoms with Crippen LogP contribution in [0.1, 0.15) is 76.4 Å². The number of rotatable bonds is 11. The van der Waals surface area contributed by atoms with Crippen molar-refractivity contribution in [3.8, 4) is 39.6 Å². The number of carbonyl (C=O) groups is 1. The monoisotopic (exact) mass is 753 g/mol. The highest BCUT2D eigenvalue weighted by Gasteiger charge is 2.32. The fourth-order valence-corrected chi connectivity index (χ4v) is 7.98. The lowest BCUT2D eigenvalue weighted by Gasteiger charge is -2.33. The van der Waals surface area contributed by atoms with Gasteiger partial charge in [-0.1, -0.05) is 139 Å². The summed E-state index contributed by atoms with van der Waals surface area (Å²) in [4.78, 5) is 19.9. The van der Waals surface area contributed by atoms with Gasteiger partial charge in [-0.25, -0.2) is 4.98 Å². The van der Waals surface area contributed by atoms with Crippen molar-refractivity contribution in [1.29, 1.82) is 0 Å². The third kappa shape index (κ3) is 8.41. The van der Waals surface area contributed by atoms with Gasteiger partial charge in [0.05, 0.1) is 16.9 Å². The van der Waals surface area contributed by atoms with Gasteiger partial charge in [-0.05, 0) is 82.5 Å². The van der Waals surface area contributed by atoms with Gasteiger partial charge < -0.3 is 20.1 Å². The molecule has 0 saturated carbocycles. The van der Waals surface area contributed by atoms with Crippen LogP contribution in [0.3, 0.4) is 0 Å². The molecule has 0 amide bonds. The Morgan fingerprint density at radius 2 is 1.23 bits per heavy atom. The van der Waals surface area contributed by atoms with Crippen molar-refractivity contribution >= 4 is 33.7 Å². The summed E-state index contributed by atoms with van der Waals surface area (Å²) in [6.07, 6.45) is 1.04. The van der Waals surface area contributed by atoms with Crippen LogP contribution in [0.2, 0.25) is 0 Å². The zero-order valence-corrected chi connectivity index (χ0v) is 33.9. The van der Waals surface area contributed by atoms with Gasteiger partial charge in [0.15, 0.2) is 18.3 Å². The van der Waals surface area contributed by atoms with Crippen LogP contribution in [0.25, 0.3) is 33.3 Å². The first kappa shape index (κ1) is 38.9. The number of fused-ring (bicyclic) bond motifs is 2. The number of para-hydroxylation sites is 3. The van der Waals surface area contributed by atoms with Crippen LogP contribution in [0.15, 0.2) is 146 Å². The van der Waals surface area contributed by atoms with E-state index < -0.39 is 0 Å². The highest BCUT2D eigenvalue weighted by molar-refractivity contribution is 6.29. The second kappa shape index (κ2) is 16.4. The lowest BCUT2D eigenvalue weighted by molar-refractivity contribution is 0.104. The summed E-state index contributed by atoms with van der Waals surface area (Å²) >= 11 is 0. The summed E-state index contributed by atoms with van der Waals surface area (Å²) in [5, 5.41) is 7.77. The molecule has 6 nitrogen and oxygen atoms in total. The molecule has 1 aliphatic rings. The normalized spacial score (nSPS) is 11.9. The van der Waals surface area contributed by atoms with E-state index in [1.165, 1.54) is 5.56 Å². The maximum absolute atomic E-state index is 14.5. The summed E-state index contributed by atoms with van der Waals surface area (Å²) in [6, 6.07) is 47.9. The summed E-state index contributed by atoms with van der Waals surface area (Å²) in [7, 11) is 0. The number of aromatic nitrogens is 1. The maximum atomic E-state index is 14.5. The van der Waals surface area contributed by atoms with E-state index in [1.54, 1.807) is 0 Å². The molecule has 0 aliphatic heterocycles. The number of carbonyl (C=O) groups excluding carboxylic acids is 1. The van der Waals surface area contributed by atoms with Crippen LogP contribution in [0.4, 0.5) is 17.1 Å². The van der Waals surface area contributed by atoms with Gasteiger partial charge in [-0.3, -0.25) is 4.79 Å². The lowest BCUT2D eigenvalue weighted by Crippen LogP contribution is -2.24. The number of hydrogen-bond donors (Lipinski definition) is 2. The highest BCUT2D eigenvalue weighted by Crippen LogP contribution is 2.48. The van der Waals surface area contributed by atoms with E-state index in [9.17, 15) is 4.79 Å². The maximum Gasteiger partial charge on any atom is 0.196 e. The minimum Gasteiger partial charge on any atom is -0.473 e. The van der Waals surface area contributed by atoms with Crippen molar-refractivity contribution in [3.05, 3.63) is 162 Å². The second-order valence-corrected chi connectivity index (χ2v) is 16.0. The van der Waals surface area contributed by atoms with Crippen molar-refractivity contribution in [2.75, 3.05) is 17.4 Å². The molecule has 7 aromatic rings. The Hall–Kier alpha value is -6.40. The molecule has 0 saturated heterocycles. The Balaban J connectivity index is 0.00000244. The molecular weight excluding hydrogens is 703 g/mol. The van der Waals surface area contributed by atoms with Crippen LogP contribution >= 0.6 is 0 Å². The minimum atomic E-state index is -0.0572. The smallest absolute Gasteiger partial charge is 0.196 e. The lowest BCUT2D eigenvalue weighted by atomic mass is 9.72. The van der Waals surface area contributed by atoms with Crippen molar-refractivity contribution in [2.45, 2.75) is 60.3 Å². The number of anilines is 3. The standard InChI is InChI=1S/C49H45N3O3.C2H6/c1-48(2,3)30-49(4,5)32-24-26-35(27-25-32)55-43-29-42(51-33-16-8-6-9-17-33)45-44-39(36-20-12-13-21-37(36)47(45)53)28-41(52-46(43)44)38-22-14-15-23-40(38)50-31-54-34-18-10-7-11-19-34;1-2/h6-29,50-51H,30-31H2,1-5H3;1-2H3. The predicted molar refractivity (Wildman–Crippen MR) is 236 cm³/mol. The first-order chi connectivity index (χ1) is 27.5. The topological polar surface area (TPSA) is 72.5 Å². The number of hydrogen-bond acceptors (Lipinski definition) is 6. The van der Waals surface area contributed by atoms with Gasteiger partial charge in [0.1, 0.15) is 17.0 Å². The predicted octanol–water partition coefficient (Wildman–Crippen LogP) is 13.8. The van der Waals surface area contributed by atoms with Crippen LogP contribution in [0.5, 0.6) is 17.2 Å². The van der Waals surface area contributed by atoms with E-state index in [2.05, 4.69) is 69.5 Å². The molecule has 6 aromatic carbocycles. The van der Waals surface area contributed by atoms with E-state index in [4.69, 9.17) is 14.5 Å². The molecule has 288 valence electrons. The number of ketones is 1. The van der Waals surface area contributed by atoms with E-state index >= 15 is 0 Å². The summed E-state index contributed by atoms with van der Waals surface area (Å²) < 4.78 is 12.8. The van der Waals surface area contributed by atoms with Crippen molar-refractivity contribution in [3.63, 3.8) is 0 Å². The molecule has 2 N–H and O–H groups in total. The first-order valence-electron chi connectivity index (χ1n) is 19.8. The third-order valence-corrected chi connectivity index (χ3v) is 10.1. The molecule has 6 heteroatoms. The first-order valence-corrected chi connectivity index (χ1v) is 19.8. The van der Waals surface area contributed by atoms with Crippen molar-refractivity contribution in [2.24, 2.45) is 5.41 Å². The van der Waals surface area contributed by atoms with E-state index in [0.717, 1.165) is 51.3 Å². The molecule has 0 bridgehead atoms. The van der Waals surface area contributed by atoms with Gasteiger partial charge >= 0.3 is 0 Å².